The Morgan fingerprint density at radius 3 is 2.53 bits per heavy atom. The summed E-state index contributed by atoms with van der Waals surface area (Å²) in [5, 5.41) is 3.29. The molecule has 2 aromatic rings. The SMILES string of the molecule is O=C(N[C@@H]1C[C@H]2CC[C@H]1C2)c1ccc([C@H]2SCC(=O)N2CCc2ccccc2)cc1. The summed E-state index contributed by atoms with van der Waals surface area (Å²) < 4.78 is 0. The molecule has 2 bridgehead atoms. The van der Waals surface area contributed by atoms with Crippen molar-refractivity contribution < 1.29 is 9.59 Å². The van der Waals surface area contributed by atoms with Gasteiger partial charge in [0, 0.05) is 18.2 Å². The average Bonchev–Trinajstić information content (AvgIpc) is 3.49. The molecule has 4 atom stereocenters. The number of rotatable bonds is 6. The predicted molar refractivity (Wildman–Crippen MR) is 120 cm³/mol. The monoisotopic (exact) mass is 420 g/mol. The van der Waals surface area contributed by atoms with Crippen LogP contribution in [0.15, 0.2) is 54.6 Å². The number of amides is 2. The number of carbonyl (C=O) groups is 2. The number of thioether (sulfide) groups is 1. The van der Waals surface area contributed by atoms with Gasteiger partial charge in [0.1, 0.15) is 5.37 Å². The quantitative estimate of drug-likeness (QED) is 0.753. The summed E-state index contributed by atoms with van der Waals surface area (Å²) in [5.41, 5.74) is 3.05. The normalized spacial score (nSPS) is 27.6. The molecule has 1 saturated heterocycles. The number of hydrogen-bond donors (Lipinski definition) is 1. The molecule has 5 rings (SSSR count). The summed E-state index contributed by atoms with van der Waals surface area (Å²) in [6.45, 7) is 0.715. The van der Waals surface area contributed by atoms with Crippen LogP contribution in [0.5, 0.6) is 0 Å². The Kier molecular flexibility index (Phi) is 5.55. The maximum absolute atomic E-state index is 12.7. The Bertz CT molecular complexity index is 915. The molecule has 0 aromatic heterocycles. The first-order valence-electron chi connectivity index (χ1n) is 11.0. The number of benzene rings is 2. The van der Waals surface area contributed by atoms with E-state index in [2.05, 4.69) is 17.4 Å². The molecule has 2 aliphatic carbocycles. The molecule has 1 heterocycles. The van der Waals surface area contributed by atoms with Crippen LogP contribution in [0.1, 0.15) is 52.5 Å². The average molecular weight is 421 g/mol. The highest BCUT2D eigenvalue weighted by atomic mass is 32.2. The van der Waals surface area contributed by atoms with Crippen LogP contribution in [0.2, 0.25) is 0 Å². The molecule has 0 radical (unpaired) electrons. The van der Waals surface area contributed by atoms with Gasteiger partial charge in [-0.05, 0) is 60.8 Å². The summed E-state index contributed by atoms with van der Waals surface area (Å²) in [4.78, 5) is 27.1. The Morgan fingerprint density at radius 2 is 1.83 bits per heavy atom. The maximum atomic E-state index is 12.7. The van der Waals surface area contributed by atoms with E-state index in [4.69, 9.17) is 0 Å². The third-order valence-corrected chi connectivity index (χ3v) is 8.22. The van der Waals surface area contributed by atoms with Crippen LogP contribution in [0.25, 0.3) is 0 Å². The van der Waals surface area contributed by atoms with Crippen LogP contribution in [-0.4, -0.2) is 35.1 Å². The molecule has 3 fully saturated rings. The van der Waals surface area contributed by atoms with Crippen molar-refractivity contribution in [1.82, 2.24) is 10.2 Å². The predicted octanol–water partition coefficient (Wildman–Crippen LogP) is 4.42. The molecule has 0 unspecified atom stereocenters. The van der Waals surface area contributed by atoms with Crippen molar-refractivity contribution in [2.45, 2.75) is 43.5 Å². The van der Waals surface area contributed by atoms with Crippen molar-refractivity contribution in [3.8, 4) is 0 Å². The molecule has 2 amide bonds. The van der Waals surface area contributed by atoms with E-state index in [0.29, 0.717) is 29.8 Å². The van der Waals surface area contributed by atoms with E-state index >= 15 is 0 Å². The molecule has 0 spiro atoms. The van der Waals surface area contributed by atoms with Gasteiger partial charge < -0.3 is 10.2 Å². The summed E-state index contributed by atoms with van der Waals surface area (Å²) in [6.07, 6.45) is 5.89. The van der Waals surface area contributed by atoms with E-state index in [1.807, 2.05) is 47.4 Å². The lowest BCUT2D eigenvalue weighted by Crippen LogP contribution is -2.38. The highest BCUT2D eigenvalue weighted by molar-refractivity contribution is 8.00. The molecule has 2 saturated carbocycles. The third kappa shape index (κ3) is 4.00. The van der Waals surface area contributed by atoms with Crippen molar-refractivity contribution in [3.63, 3.8) is 0 Å². The second-order valence-corrected chi connectivity index (χ2v) is 9.93. The van der Waals surface area contributed by atoms with Crippen molar-refractivity contribution in [1.29, 1.82) is 0 Å². The van der Waals surface area contributed by atoms with Gasteiger partial charge in [-0.1, -0.05) is 48.9 Å². The standard InChI is InChI=1S/C25H28N2O2S/c28-23-16-30-25(27(23)13-12-17-4-2-1-3-5-17)20-10-8-19(9-11-20)24(29)26-22-15-18-6-7-21(22)14-18/h1-5,8-11,18,21-22,25H,6-7,12-16H2,(H,26,29)/t18-,21-,22+,25+/m0/s1. The van der Waals surface area contributed by atoms with E-state index in [0.717, 1.165) is 24.3 Å². The van der Waals surface area contributed by atoms with Crippen LogP contribution in [0.4, 0.5) is 0 Å². The highest BCUT2D eigenvalue weighted by Gasteiger charge is 2.40. The van der Waals surface area contributed by atoms with Crippen molar-refractivity contribution in [2.24, 2.45) is 11.8 Å². The smallest absolute Gasteiger partial charge is 0.251 e. The molecule has 30 heavy (non-hydrogen) atoms. The lowest BCUT2D eigenvalue weighted by atomic mass is 9.95. The lowest BCUT2D eigenvalue weighted by Gasteiger charge is -2.25. The second-order valence-electron chi connectivity index (χ2n) is 8.86. The van der Waals surface area contributed by atoms with E-state index in [-0.39, 0.29) is 17.2 Å². The van der Waals surface area contributed by atoms with Gasteiger partial charge in [0.15, 0.2) is 0 Å². The third-order valence-electron chi connectivity index (χ3n) is 6.96. The fourth-order valence-corrected chi connectivity index (χ4v) is 6.56. The first kappa shape index (κ1) is 19.7. The number of carbonyl (C=O) groups excluding carboxylic acids is 2. The minimum Gasteiger partial charge on any atom is -0.349 e. The number of nitrogens with zero attached hydrogens (tertiary/aromatic N) is 1. The number of fused-ring (bicyclic) bond motifs is 2. The zero-order valence-electron chi connectivity index (χ0n) is 17.1. The Labute approximate surface area is 182 Å². The van der Waals surface area contributed by atoms with Crippen LogP contribution in [0.3, 0.4) is 0 Å². The molecule has 1 N–H and O–H groups in total. The van der Waals surface area contributed by atoms with Crippen LogP contribution < -0.4 is 5.32 Å². The number of hydrogen-bond acceptors (Lipinski definition) is 3. The molecular weight excluding hydrogens is 392 g/mol. The van der Waals surface area contributed by atoms with Crippen molar-refractivity contribution >= 4 is 23.6 Å². The molecule has 1 aliphatic heterocycles. The maximum Gasteiger partial charge on any atom is 0.251 e. The van der Waals surface area contributed by atoms with Crippen molar-refractivity contribution in [3.05, 3.63) is 71.3 Å². The number of nitrogens with one attached hydrogen (secondary N) is 1. The van der Waals surface area contributed by atoms with Gasteiger partial charge in [0.05, 0.1) is 5.75 Å². The molecule has 2 aromatic carbocycles. The minimum atomic E-state index is 0.0314. The molecular formula is C25H28N2O2S. The highest BCUT2D eigenvalue weighted by Crippen LogP contribution is 2.44. The van der Waals surface area contributed by atoms with E-state index in [1.54, 1.807) is 11.8 Å². The molecule has 4 nitrogen and oxygen atoms in total. The fourth-order valence-electron chi connectivity index (χ4n) is 5.34. The van der Waals surface area contributed by atoms with Crippen LogP contribution >= 0.6 is 11.8 Å². The fraction of sp³-hybridized carbons (Fsp3) is 0.440. The lowest BCUT2D eigenvalue weighted by molar-refractivity contribution is -0.128. The van der Waals surface area contributed by atoms with Gasteiger partial charge in [0.2, 0.25) is 5.91 Å². The largest absolute Gasteiger partial charge is 0.349 e. The van der Waals surface area contributed by atoms with E-state index < -0.39 is 0 Å². The van der Waals surface area contributed by atoms with Crippen molar-refractivity contribution in [2.75, 3.05) is 12.3 Å². The first-order chi connectivity index (χ1) is 14.7. The van der Waals surface area contributed by atoms with E-state index in [1.165, 1.54) is 24.8 Å². The van der Waals surface area contributed by atoms with Crippen LogP contribution in [-0.2, 0) is 11.2 Å². The Balaban J connectivity index is 1.22. The molecule has 156 valence electrons. The van der Waals surface area contributed by atoms with Gasteiger partial charge in [0.25, 0.3) is 5.91 Å². The van der Waals surface area contributed by atoms with Gasteiger partial charge in [-0.25, -0.2) is 0 Å². The Morgan fingerprint density at radius 1 is 1.03 bits per heavy atom. The van der Waals surface area contributed by atoms with Crippen LogP contribution in [0, 0.1) is 11.8 Å². The second kappa shape index (κ2) is 8.46. The summed E-state index contributed by atoms with van der Waals surface area (Å²) in [5.74, 6) is 2.25. The minimum absolute atomic E-state index is 0.0314. The van der Waals surface area contributed by atoms with E-state index in [9.17, 15) is 9.59 Å². The van der Waals surface area contributed by atoms with Gasteiger partial charge in [-0.3, -0.25) is 9.59 Å². The summed E-state index contributed by atoms with van der Waals surface area (Å²) in [6, 6.07) is 18.5. The Hall–Kier alpha value is -2.27. The first-order valence-corrected chi connectivity index (χ1v) is 12.1. The summed E-state index contributed by atoms with van der Waals surface area (Å²) in [7, 11) is 0. The summed E-state index contributed by atoms with van der Waals surface area (Å²) >= 11 is 1.67. The topological polar surface area (TPSA) is 49.4 Å². The molecule has 5 heteroatoms. The zero-order valence-corrected chi connectivity index (χ0v) is 17.9. The zero-order chi connectivity index (χ0) is 20.5. The molecule has 3 aliphatic rings. The van der Waals surface area contributed by atoms with Gasteiger partial charge in [-0.15, -0.1) is 11.8 Å². The van der Waals surface area contributed by atoms with Gasteiger partial charge >= 0.3 is 0 Å². The van der Waals surface area contributed by atoms with Gasteiger partial charge in [-0.2, -0.15) is 0 Å².